The van der Waals surface area contributed by atoms with Crippen LogP contribution in [0.25, 0.3) is 0 Å². The summed E-state index contributed by atoms with van der Waals surface area (Å²) in [6.07, 6.45) is 0. The molecule has 0 radical (unpaired) electrons. The van der Waals surface area contributed by atoms with E-state index < -0.39 is 4.92 Å². The molecule has 0 fully saturated rings. The third-order valence-corrected chi connectivity index (χ3v) is 2.50. The predicted molar refractivity (Wildman–Crippen MR) is 59.8 cm³/mol. The quantitative estimate of drug-likeness (QED) is 0.205. The van der Waals surface area contributed by atoms with Crippen molar-refractivity contribution in [3.8, 4) is 0 Å². The predicted octanol–water partition coefficient (Wildman–Crippen LogP) is 1.20. The summed E-state index contributed by atoms with van der Waals surface area (Å²) in [5.41, 5.74) is 4.92. The van der Waals surface area contributed by atoms with Gasteiger partial charge in [-0.15, -0.1) is 11.8 Å². The van der Waals surface area contributed by atoms with Gasteiger partial charge in [-0.3, -0.25) is 10.1 Å². The zero-order valence-electron chi connectivity index (χ0n) is 8.45. The fourth-order valence-corrected chi connectivity index (χ4v) is 1.66. The number of hydrogen-bond acceptors (Lipinski definition) is 6. The number of nitro groups is 1. The normalized spacial score (nSPS) is 11.4. The molecule has 1 rings (SSSR count). The van der Waals surface area contributed by atoms with Crippen LogP contribution in [-0.2, 0) is 0 Å². The van der Waals surface area contributed by atoms with Crippen molar-refractivity contribution >= 4 is 23.3 Å². The Morgan fingerprint density at radius 1 is 1.75 bits per heavy atom. The van der Waals surface area contributed by atoms with E-state index in [1.165, 1.54) is 23.9 Å². The zero-order valence-corrected chi connectivity index (χ0v) is 9.27. The van der Waals surface area contributed by atoms with E-state index >= 15 is 0 Å². The van der Waals surface area contributed by atoms with Gasteiger partial charge < -0.3 is 10.9 Å². The van der Waals surface area contributed by atoms with Gasteiger partial charge in [0.2, 0.25) is 0 Å². The Bertz CT molecular complexity index is 435. The fraction of sp³-hybridized carbons (Fsp3) is 0.250. The Morgan fingerprint density at radius 2 is 2.44 bits per heavy atom. The van der Waals surface area contributed by atoms with Crippen LogP contribution < -0.4 is 5.73 Å². The van der Waals surface area contributed by atoms with Crippen molar-refractivity contribution in [2.45, 2.75) is 11.9 Å². The number of nitrogens with zero attached hydrogens (tertiary/aromatic N) is 3. The summed E-state index contributed by atoms with van der Waals surface area (Å²) < 4.78 is 0. The summed E-state index contributed by atoms with van der Waals surface area (Å²) in [4.78, 5) is 14.0. The van der Waals surface area contributed by atoms with Crippen molar-refractivity contribution in [2.75, 3.05) is 5.75 Å². The SMILES string of the molecule is CCSc1ccc([N+](=O)[O-])c(/C(N)=N/O)n1. The van der Waals surface area contributed by atoms with Crippen molar-refractivity contribution in [2.24, 2.45) is 10.9 Å². The van der Waals surface area contributed by atoms with Crippen molar-refractivity contribution in [3.05, 3.63) is 27.9 Å². The monoisotopic (exact) mass is 242 g/mol. The Hall–Kier alpha value is -1.83. The first-order valence-electron chi connectivity index (χ1n) is 4.36. The van der Waals surface area contributed by atoms with E-state index in [4.69, 9.17) is 10.9 Å². The molecule has 0 aliphatic rings. The minimum absolute atomic E-state index is 0.119. The highest BCUT2D eigenvalue weighted by Crippen LogP contribution is 2.22. The lowest BCUT2D eigenvalue weighted by Gasteiger charge is -2.02. The van der Waals surface area contributed by atoms with Gasteiger partial charge in [0.15, 0.2) is 11.5 Å². The van der Waals surface area contributed by atoms with E-state index in [0.717, 1.165) is 5.75 Å². The van der Waals surface area contributed by atoms with Crippen LogP contribution in [0, 0.1) is 10.1 Å². The Morgan fingerprint density at radius 3 is 2.94 bits per heavy atom. The van der Waals surface area contributed by atoms with Gasteiger partial charge in [-0.1, -0.05) is 12.1 Å². The van der Waals surface area contributed by atoms with E-state index in [1.54, 1.807) is 0 Å². The molecule has 0 unspecified atom stereocenters. The van der Waals surface area contributed by atoms with Crippen LogP contribution in [0.2, 0.25) is 0 Å². The molecule has 1 heterocycles. The number of amidine groups is 1. The van der Waals surface area contributed by atoms with Crippen LogP contribution in [0.3, 0.4) is 0 Å². The van der Waals surface area contributed by atoms with E-state index in [-0.39, 0.29) is 17.2 Å². The molecule has 0 aliphatic carbocycles. The van der Waals surface area contributed by atoms with Crippen molar-refractivity contribution in [3.63, 3.8) is 0 Å². The molecule has 16 heavy (non-hydrogen) atoms. The van der Waals surface area contributed by atoms with Crippen molar-refractivity contribution in [1.82, 2.24) is 4.98 Å². The topological polar surface area (TPSA) is 115 Å². The maximum atomic E-state index is 10.7. The van der Waals surface area contributed by atoms with Gasteiger partial charge in [0.1, 0.15) is 0 Å². The highest BCUT2D eigenvalue weighted by atomic mass is 32.2. The number of pyridine rings is 1. The van der Waals surface area contributed by atoms with Gasteiger partial charge in [-0.2, -0.15) is 0 Å². The molecule has 0 aromatic carbocycles. The van der Waals surface area contributed by atoms with E-state index in [1.807, 2.05) is 6.92 Å². The van der Waals surface area contributed by atoms with Gasteiger partial charge >= 0.3 is 0 Å². The van der Waals surface area contributed by atoms with Crippen molar-refractivity contribution in [1.29, 1.82) is 0 Å². The molecule has 0 saturated carbocycles. The van der Waals surface area contributed by atoms with Crippen LogP contribution in [0.5, 0.6) is 0 Å². The van der Waals surface area contributed by atoms with Crippen molar-refractivity contribution < 1.29 is 10.1 Å². The van der Waals surface area contributed by atoms with E-state index in [9.17, 15) is 10.1 Å². The molecule has 86 valence electrons. The highest BCUT2D eigenvalue weighted by molar-refractivity contribution is 7.99. The van der Waals surface area contributed by atoms with E-state index in [0.29, 0.717) is 5.03 Å². The first-order chi connectivity index (χ1) is 7.60. The number of hydrogen-bond donors (Lipinski definition) is 2. The molecule has 3 N–H and O–H groups in total. The third-order valence-electron chi connectivity index (χ3n) is 1.69. The average Bonchev–Trinajstić information content (AvgIpc) is 2.28. The molecule has 0 spiro atoms. The molecule has 7 nitrogen and oxygen atoms in total. The second-order valence-electron chi connectivity index (χ2n) is 2.69. The lowest BCUT2D eigenvalue weighted by atomic mass is 10.3. The summed E-state index contributed by atoms with van der Waals surface area (Å²) in [6.45, 7) is 1.93. The number of oxime groups is 1. The Kier molecular flexibility index (Phi) is 4.06. The van der Waals surface area contributed by atoms with Gasteiger partial charge in [-0.05, 0) is 11.8 Å². The summed E-state index contributed by atoms with van der Waals surface area (Å²) >= 11 is 1.41. The zero-order chi connectivity index (χ0) is 12.1. The summed E-state index contributed by atoms with van der Waals surface area (Å²) in [5.74, 6) is 0.408. The summed E-state index contributed by atoms with van der Waals surface area (Å²) in [6, 6.07) is 2.82. The molecule has 0 saturated heterocycles. The minimum atomic E-state index is -0.624. The summed E-state index contributed by atoms with van der Waals surface area (Å²) in [5, 5.41) is 22.5. The Labute approximate surface area is 95.5 Å². The van der Waals surface area contributed by atoms with Gasteiger partial charge in [-0.25, -0.2) is 4.98 Å². The molecule has 1 aromatic rings. The number of nitrogens with two attached hydrogens (primary N) is 1. The number of thioether (sulfide) groups is 1. The third kappa shape index (κ3) is 2.60. The first kappa shape index (κ1) is 12.2. The molecule has 0 amide bonds. The van der Waals surface area contributed by atoms with Crippen LogP contribution in [0.4, 0.5) is 5.69 Å². The van der Waals surface area contributed by atoms with Crippen LogP contribution in [0.1, 0.15) is 12.6 Å². The smallest absolute Gasteiger partial charge is 0.298 e. The molecule has 0 atom stereocenters. The molecule has 1 aromatic heterocycles. The lowest BCUT2D eigenvalue weighted by molar-refractivity contribution is -0.385. The Balaban J connectivity index is 3.27. The second kappa shape index (κ2) is 5.31. The molecular weight excluding hydrogens is 232 g/mol. The number of aromatic nitrogens is 1. The second-order valence-corrected chi connectivity index (χ2v) is 3.98. The highest BCUT2D eigenvalue weighted by Gasteiger charge is 2.19. The van der Waals surface area contributed by atoms with Crippen LogP contribution >= 0.6 is 11.8 Å². The maximum absolute atomic E-state index is 10.7. The van der Waals surface area contributed by atoms with E-state index in [2.05, 4.69) is 10.1 Å². The van der Waals surface area contributed by atoms with Gasteiger partial charge in [0, 0.05) is 6.07 Å². The van der Waals surface area contributed by atoms with Gasteiger partial charge in [0.05, 0.1) is 9.95 Å². The lowest BCUT2D eigenvalue weighted by Crippen LogP contribution is -2.17. The molecular formula is C8H10N4O3S. The minimum Gasteiger partial charge on any atom is -0.409 e. The fourth-order valence-electron chi connectivity index (χ4n) is 1.05. The standard InChI is InChI=1S/C8H10N4O3S/c1-2-16-6-4-3-5(12(14)15)7(10-6)8(9)11-13/h3-4,13H,2H2,1H3,(H2,9,11). The first-order valence-corrected chi connectivity index (χ1v) is 5.34. The van der Waals surface area contributed by atoms with Crippen LogP contribution in [0.15, 0.2) is 22.3 Å². The van der Waals surface area contributed by atoms with Crippen LogP contribution in [-0.4, -0.2) is 26.7 Å². The molecule has 8 heteroatoms. The largest absolute Gasteiger partial charge is 0.409 e. The summed E-state index contributed by atoms with van der Waals surface area (Å²) in [7, 11) is 0. The molecule has 0 aliphatic heterocycles. The average molecular weight is 242 g/mol. The van der Waals surface area contributed by atoms with Gasteiger partial charge in [0.25, 0.3) is 5.69 Å². The number of rotatable bonds is 4. The maximum Gasteiger partial charge on any atom is 0.298 e. The molecule has 0 bridgehead atoms.